The number of carbonyl (C=O) groups is 1. The lowest BCUT2D eigenvalue weighted by Gasteiger charge is -2.17. The van der Waals surface area contributed by atoms with Gasteiger partial charge < -0.3 is 19.5 Å². The molecule has 2 aromatic rings. The molecule has 0 aliphatic carbocycles. The lowest BCUT2D eigenvalue weighted by Crippen LogP contribution is -2.27. The molecule has 1 aromatic carbocycles. The topological polar surface area (TPSA) is 93.5 Å². The lowest BCUT2D eigenvalue weighted by molar-refractivity contribution is 0.0948. The van der Waals surface area contributed by atoms with E-state index in [2.05, 4.69) is 16.4 Å². The van der Waals surface area contributed by atoms with Crippen LogP contribution in [0.1, 0.15) is 32.0 Å². The third-order valence-corrected chi connectivity index (χ3v) is 4.61. The molecule has 0 radical (unpaired) electrons. The summed E-state index contributed by atoms with van der Waals surface area (Å²) in [6.07, 6.45) is 0. The van der Waals surface area contributed by atoms with E-state index in [0.717, 1.165) is 5.01 Å². The fourth-order valence-electron chi connectivity index (χ4n) is 2.40. The number of carbonyl (C=O) groups excluding carboxylic acids is 1. The Bertz CT molecular complexity index is 801. The number of amides is 1. The molecule has 25 heavy (non-hydrogen) atoms. The molecule has 1 atom stereocenters. The van der Waals surface area contributed by atoms with E-state index in [4.69, 9.17) is 14.2 Å². The van der Waals surface area contributed by atoms with Gasteiger partial charge in [-0.2, -0.15) is 5.26 Å². The van der Waals surface area contributed by atoms with Crippen molar-refractivity contribution in [2.75, 3.05) is 21.3 Å². The molecule has 0 aliphatic heterocycles. The lowest BCUT2D eigenvalue weighted by atomic mass is 10.1. The van der Waals surface area contributed by atoms with Crippen LogP contribution < -0.4 is 19.5 Å². The predicted molar refractivity (Wildman–Crippen MR) is 93.5 cm³/mol. The number of nitrogens with one attached hydrogen (secondary N) is 1. The molecule has 7 nitrogen and oxygen atoms in total. The second-order valence-electron chi connectivity index (χ2n) is 5.14. The molecule has 8 heteroatoms. The second kappa shape index (κ2) is 7.85. The largest absolute Gasteiger partial charge is 0.493 e. The summed E-state index contributed by atoms with van der Waals surface area (Å²) in [6, 6.07) is 4.49. The highest BCUT2D eigenvalue weighted by Gasteiger charge is 2.22. The van der Waals surface area contributed by atoms with Crippen molar-refractivity contribution in [2.45, 2.75) is 19.9 Å². The third kappa shape index (κ3) is 3.83. The Morgan fingerprint density at radius 2 is 1.80 bits per heavy atom. The van der Waals surface area contributed by atoms with Gasteiger partial charge in [-0.15, -0.1) is 11.3 Å². The van der Waals surface area contributed by atoms with E-state index < -0.39 is 6.04 Å². The van der Waals surface area contributed by atoms with Crippen molar-refractivity contribution in [3.63, 3.8) is 0 Å². The van der Waals surface area contributed by atoms with Crippen molar-refractivity contribution in [1.29, 1.82) is 5.26 Å². The molecular formula is C17H19N3O4S. The Kier molecular flexibility index (Phi) is 5.83. The Hall–Kier alpha value is -2.79. The number of nitriles is 1. The van der Waals surface area contributed by atoms with Gasteiger partial charge in [0, 0.05) is 0 Å². The predicted octanol–water partition coefficient (Wildman–Crippen LogP) is 2.78. The highest BCUT2D eigenvalue weighted by atomic mass is 32.1. The van der Waals surface area contributed by atoms with E-state index in [1.165, 1.54) is 32.7 Å². The number of hydrogen-bond donors (Lipinski definition) is 1. The molecular weight excluding hydrogens is 342 g/mol. The van der Waals surface area contributed by atoms with Gasteiger partial charge in [0.2, 0.25) is 5.75 Å². The standard InChI is InChI=1S/C17H19N3O4S/c1-9-16(25-10(2)19-9)17(21)20-12(8-18)11-6-13(22-3)15(24-5)14(7-11)23-4/h6-7,12H,1-5H3,(H,20,21). The van der Waals surface area contributed by atoms with Crippen LogP contribution in [0.4, 0.5) is 0 Å². The number of aryl methyl sites for hydroxylation is 2. The van der Waals surface area contributed by atoms with Crippen LogP contribution in [-0.2, 0) is 0 Å². The zero-order valence-corrected chi connectivity index (χ0v) is 15.5. The molecule has 0 spiro atoms. The van der Waals surface area contributed by atoms with Crippen LogP contribution in [0.25, 0.3) is 0 Å². The number of aromatic nitrogens is 1. The molecule has 0 aliphatic rings. The van der Waals surface area contributed by atoms with Gasteiger partial charge in [-0.25, -0.2) is 4.98 Å². The summed E-state index contributed by atoms with van der Waals surface area (Å²) in [6.45, 7) is 3.59. The van der Waals surface area contributed by atoms with E-state index in [0.29, 0.717) is 33.4 Å². The van der Waals surface area contributed by atoms with E-state index in [1.54, 1.807) is 19.1 Å². The molecule has 1 aromatic heterocycles. The fraction of sp³-hybridized carbons (Fsp3) is 0.353. The molecule has 2 rings (SSSR count). The monoisotopic (exact) mass is 361 g/mol. The molecule has 1 heterocycles. The van der Waals surface area contributed by atoms with Gasteiger partial charge in [0.25, 0.3) is 5.91 Å². The Morgan fingerprint density at radius 3 is 2.20 bits per heavy atom. The molecule has 132 valence electrons. The molecule has 1 amide bonds. The smallest absolute Gasteiger partial charge is 0.264 e. The number of benzene rings is 1. The number of hydrogen-bond acceptors (Lipinski definition) is 7. The Morgan fingerprint density at radius 1 is 1.20 bits per heavy atom. The SMILES string of the molecule is COc1cc(C(C#N)NC(=O)c2sc(C)nc2C)cc(OC)c1OC. The van der Waals surface area contributed by atoms with Crippen molar-refractivity contribution in [2.24, 2.45) is 0 Å². The zero-order chi connectivity index (χ0) is 18.6. The van der Waals surface area contributed by atoms with Crippen LogP contribution in [0.5, 0.6) is 17.2 Å². The van der Waals surface area contributed by atoms with Gasteiger partial charge in [-0.3, -0.25) is 4.79 Å². The average Bonchev–Trinajstić information content (AvgIpc) is 2.96. The van der Waals surface area contributed by atoms with Crippen LogP contribution in [0, 0.1) is 25.2 Å². The first kappa shape index (κ1) is 18.5. The maximum absolute atomic E-state index is 12.5. The van der Waals surface area contributed by atoms with Crippen LogP contribution in [0.15, 0.2) is 12.1 Å². The zero-order valence-electron chi connectivity index (χ0n) is 14.7. The van der Waals surface area contributed by atoms with Crippen LogP contribution >= 0.6 is 11.3 Å². The minimum atomic E-state index is -0.872. The van der Waals surface area contributed by atoms with Crippen LogP contribution in [0.3, 0.4) is 0 Å². The van der Waals surface area contributed by atoms with E-state index in [9.17, 15) is 10.1 Å². The number of rotatable bonds is 6. The normalized spacial score (nSPS) is 11.4. The van der Waals surface area contributed by atoms with Gasteiger partial charge in [0.05, 0.1) is 38.1 Å². The van der Waals surface area contributed by atoms with Gasteiger partial charge in [-0.1, -0.05) is 0 Å². The van der Waals surface area contributed by atoms with Gasteiger partial charge >= 0.3 is 0 Å². The maximum Gasteiger partial charge on any atom is 0.264 e. The molecule has 0 bridgehead atoms. The third-order valence-electron chi connectivity index (χ3n) is 3.53. The van der Waals surface area contributed by atoms with Gasteiger partial charge in [0.15, 0.2) is 11.5 Å². The van der Waals surface area contributed by atoms with Crippen LogP contribution in [-0.4, -0.2) is 32.2 Å². The minimum Gasteiger partial charge on any atom is -0.493 e. The van der Waals surface area contributed by atoms with Crippen molar-refractivity contribution in [1.82, 2.24) is 10.3 Å². The van der Waals surface area contributed by atoms with E-state index >= 15 is 0 Å². The number of thiazole rings is 1. The summed E-state index contributed by atoms with van der Waals surface area (Å²) in [5, 5.41) is 13.0. The molecule has 0 saturated carbocycles. The maximum atomic E-state index is 12.5. The summed E-state index contributed by atoms with van der Waals surface area (Å²) in [4.78, 5) is 17.2. The molecule has 1 unspecified atom stereocenters. The fourth-order valence-corrected chi connectivity index (χ4v) is 3.22. The number of methoxy groups -OCH3 is 3. The highest BCUT2D eigenvalue weighted by molar-refractivity contribution is 7.13. The molecule has 0 fully saturated rings. The van der Waals surface area contributed by atoms with E-state index in [1.807, 2.05) is 6.92 Å². The number of ether oxygens (including phenoxy) is 3. The molecule has 0 saturated heterocycles. The van der Waals surface area contributed by atoms with Crippen LogP contribution in [0.2, 0.25) is 0 Å². The summed E-state index contributed by atoms with van der Waals surface area (Å²) in [5.41, 5.74) is 1.17. The summed E-state index contributed by atoms with van der Waals surface area (Å²) >= 11 is 1.29. The van der Waals surface area contributed by atoms with Crippen molar-refractivity contribution in [3.05, 3.63) is 33.3 Å². The first-order valence-electron chi connectivity index (χ1n) is 7.39. The van der Waals surface area contributed by atoms with Crippen molar-refractivity contribution in [3.8, 4) is 23.3 Å². The summed E-state index contributed by atoms with van der Waals surface area (Å²) in [5.74, 6) is 0.904. The minimum absolute atomic E-state index is 0.344. The molecule has 1 N–H and O–H groups in total. The number of nitrogens with zero attached hydrogens (tertiary/aromatic N) is 2. The van der Waals surface area contributed by atoms with Crippen molar-refractivity contribution >= 4 is 17.2 Å². The quantitative estimate of drug-likeness (QED) is 0.850. The first-order valence-corrected chi connectivity index (χ1v) is 8.21. The van der Waals surface area contributed by atoms with E-state index in [-0.39, 0.29) is 5.91 Å². The van der Waals surface area contributed by atoms with Crippen molar-refractivity contribution < 1.29 is 19.0 Å². The first-order chi connectivity index (χ1) is 11.9. The Balaban J connectivity index is 2.36. The highest BCUT2D eigenvalue weighted by Crippen LogP contribution is 2.39. The summed E-state index contributed by atoms with van der Waals surface area (Å²) in [7, 11) is 4.48. The Labute approximate surface area is 150 Å². The van der Waals surface area contributed by atoms with Gasteiger partial charge in [0.1, 0.15) is 10.9 Å². The average molecular weight is 361 g/mol. The second-order valence-corrected chi connectivity index (χ2v) is 6.34. The van der Waals surface area contributed by atoms with Gasteiger partial charge in [-0.05, 0) is 31.5 Å². The summed E-state index contributed by atoms with van der Waals surface area (Å²) < 4.78 is 15.9.